The van der Waals surface area contributed by atoms with Gasteiger partial charge in [-0.3, -0.25) is 0 Å². The van der Waals surface area contributed by atoms with Gasteiger partial charge in [-0.2, -0.15) is 0 Å². The first-order chi connectivity index (χ1) is 10.4. The van der Waals surface area contributed by atoms with E-state index < -0.39 is 13.8 Å². The van der Waals surface area contributed by atoms with E-state index in [1.54, 1.807) is 0 Å². The molecule has 0 amide bonds. The predicted octanol–water partition coefficient (Wildman–Crippen LogP) is 4.97. The van der Waals surface area contributed by atoms with Crippen LogP contribution in [0.15, 0.2) is 101 Å². The molecule has 3 aromatic rings. The monoisotopic (exact) mass is 364 g/mol. The third-order valence-corrected chi connectivity index (χ3v) is 18.5. The van der Waals surface area contributed by atoms with E-state index >= 15 is 0 Å². The van der Waals surface area contributed by atoms with E-state index in [9.17, 15) is 0 Å². The number of hydrogen-bond donors (Lipinski definition) is 0. The molecule has 21 heavy (non-hydrogen) atoms. The van der Waals surface area contributed by atoms with Gasteiger partial charge in [0.25, 0.3) is 0 Å². The van der Waals surface area contributed by atoms with Crippen molar-refractivity contribution in [3.63, 3.8) is 0 Å². The Labute approximate surface area is 137 Å². The van der Waals surface area contributed by atoms with Gasteiger partial charge in [0.2, 0.25) is 0 Å². The van der Waals surface area contributed by atoms with Crippen molar-refractivity contribution in [2.75, 3.05) is 0 Å². The third-order valence-electron chi connectivity index (χ3n) is 3.04. The second-order valence-corrected chi connectivity index (χ2v) is 18.2. The van der Waals surface area contributed by atoms with Crippen molar-refractivity contribution in [3.05, 3.63) is 91.0 Å². The van der Waals surface area contributed by atoms with Crippen LogP contribution in [0.4, 0.5) is 0 Å². The van der Waals surface area contributed by atoms with Gasteiger partial charge in [-0.25, -0.2) is 0 Å². The topological polar surface area (TPSA) is 0 Å². The summed E-state index contributed by atoms with van der Waals surface area (Å²) in [6.07, 6.45) is 0. The summed E-state index contributed by atoms with van der Waals surface area (Å²) in [5.74, 6) is 0. The van der Waals surface area contributed by atoms with Crippen LogP contribution in [-0.2, 0) is 0 Å². The van der Waals surface area contributed by atoms with Crippen molar-refractivity contribution in [1.29, 1.82) is 0 Å². The van der Waals surface area contributed by atoms with Crippen LogP contribution >= 0.6 is 19.4 Å². The Bertz CT molecular complexity index is 615. The molecule has 3 aromatic carbocycles. The average Bonchev–Trinajstić information content (AvgIpc) is 2.57. The zero-order valence-corrected chi connectivity index (χ0v) is 15.6. The molecule has 0 fully saturated rings. The Kier molecular flexibility index (Phi) is 5.57. The first kappa shape index (κ1) is 14.9. The average molecular weight is 365 g/mol. The minimum atomic E-state index is -1.76. The van der Waals surface area contributed by atoms with Crippen molar-refractivity contribution < 1.29 is 0 Å². The summed E-state index contributed by atoms with van der Waals surface area (Å²) in [7, 11) is 4.17. The molecule has 0 saturated carbocycles. The molecule has 0 aliphatic rings. The maximum atomic E-state index is 2.29. The number of benzene rings is 3. The number of rotatable bonds is 5. The molecular formula is C18H15GaS2. The standard InChI is InChI=1S/2C6H6S.C6H5.Ga/c2*7-6-4-2-1-3-5-6;1-2-4-6-5-3-1;/h2*1-5,7H;1-5H;/q;;;+2/p-2. The summed E-state index contributed by atoms with van der Waals surface area (Å²) in [5.41, 5.74) is 0. The zero-order chi connectivity index (χ0) is 14.3. The van der Waals surface area contributed by atoms with Crippen LogP contribution in [0.5, 0.6) is 0 Å². The van der Waals surface area contributed by atoms with E-state index in [1.165, 1.54) is 13.9 Å². The van der Waals surface area contributed by atoms with Gasteiger partial charge in [0.05, 0.1) is 0 Å². The molecule has 0 aliphatic carbocycles. The molecule has 0 bridgehead atoms. The Morgan fingerprint density at radius 2 is 0.857 bits per heavy atom. The van der Waals surface area contributed by atoms with E-state index in [2.05, 4.69) is 110 Å². The molecule has 0 atom stereocenters. The first-order valence-corrected chi connectivity index (χ1v) is 15.8. The number of hydrogen-bond acceptors (Lipinski definition) is 2. The molecular weight excluding hydrogens is 350 g/mol. The van der Waals surface area contributed by atoms with Crippen LogP contribution in [0.1, 0.15) is 0 Å². The predicted molar refractivity (Wildman–Crippen MR) is 96.4 cm³/mol. The molecule has 3 heteroatoms. The maximum absolute atomic E-state index is 2.29. The fourth-order valence-electron chi connectivity index (χ4n) is 2.02. The first-order valence-electron chi connectivity index (χ1n) is 6.90. The summed E-state index contributed by atoms with van der Waals surface area (Å²) in [6, 6.07) is 32.5. The quantitative estimate of drug-likeness (QED) is 0.586. The van der Waals surface area contributed by atoms with E-state index in [1.807, 2.05) is 0 Å². The Morgan fingerprint density at radius 3 is 1.29 bits per heavy atom. The van der Waals surface area contributed by atoms with Crippen molar-refractivity contribution >= 4 is 37.3 Å². The van der Waals surface area contributed by atoms with E-state index in [4.69, 9.17) is 0 Å². The van der Waals surface area contributed by atoms with Gasteiger partial charge in [0.1, 0.15) is 0 Å². The third kappa shape index (κ3) is 4.48. The van der Waals surface area contributed by atoms with Gasteiger partial charge in [0.15, 0.2) is 0 Å². The Balaban J connectivity index is 1.84. The second-order valence-electron chi connectivity index (χ2n) is 4.60. The molecule has 0 unspecified atom stereocenters. The molecule has 0 radical (unpaired) electrons. The summed E-state index contributed by atoms with van der Waals surface area (Å²) in [6.45, 7) is 0. The van der Waals surface area contributed by atoms with E-state index in [-0.39, 0.29) is 0 Å². The van der Waals surface area contributed by atoms with E-state index in [0.29, 0.717) is 0 Å². The van der Waals surface area contributed by atoms with Gasteiger partial charge in [0, 0.05) is 0 Å². The molecule has 0 saturated heterocycles. The Morgan fingerprint density at radius 1 is 0.476 bits per heavy atom. The minimum absolute atomic E-state index is 1.38. The molecule has 0 heterocycles. The van der Waals surface area contributed by atoms with Gasteiger partial charge in [-0.05, 0) is 0 Å². The molecule has 0 spiro atoms. The Hall–Kier alpha value is -1.00. The molecule has 0 N–H and O–H groups in total. The van der Waals surface area contributed by atoms with Crippen LogP contribution in [0.25, 0.3) is 0 Å². The molecule has 0 aliphatic heterocycles. The van der Waals surface area contributed by atoms with Crippen LogP contribution < -0.4 is 4.12 Å². The van der Waals surface area contributed by atoms with Gasteiger partial charge in [-0.15, -0.1) is 0 Å². The van der Waals surface area contributed by atoms with Crippen LogP contribution in [0, 0.1) is 0 Å². The van der Waals surface area contributed by atoms with Crippen molar-refractivity contribution in [3.8, 4) is 0 Å². The van der Waals surface area contributed by atoms with E-state index in [0.717, 1.165) is 0 Å². The van der Waals surface area contributed by atoms with Crippen LogP contribution in [-0.4, -0.2) is 13.8 Å². The fourth-order valence-corrected chi connectivity index (χ4v) is 17.5. The van der Waals surface area contributed by atoms with Gasteiger partial charge in [-0.1, -0.05) is 0 Å². The molecule has 3 rings (SSSR count). The normalized spacial score (nSPS) is 10.3. The van der Waals surface area contributed by atoms with Crippen LogP contribution in [0.3, 0.4) is 0 Å². The second kappa shape index (κ2) is 7.85. The molecule has 0 aromatic heterocycles. The summed E-state index contributed by atoms with van der Waals surface area (Å²) >= 11 is -1.76. The van der Waals surface area contributed by atoms with Crippen molar-refractivity contribution in [2.24, 2.45) is 0 Å². The zero-order valence-electron chi connectivity index (χ0n) is 11.6. The fraction of sp³-hybridized carbons (Fsp3) is 0. The molecule has 102 valence electrons. The van der Waals surface area contributed by atoms with Crippen molar-refractivity contribution in [1.82, 2.24) is 0 Å². The summed E-state index contributed by atoms with van der Waals surface area (Å²) in [5, 5.41) is 0. The van der Waals surface area contributed by atoms with Crippen molar-refractivity contribution in [2.45, 2.75) is 9.79 Å². The summed E-state index contributed by atoms with van der Waals surface area (Å²) < 4.78 is 1.53. The molecule has 0 nitrogen and oxygen atoms in total. The van der Waals surface area contributed by atoms with Gasteiger partial charge < -0.3 is 0 Å². The van der Waals surface area contributed by atoms with Gasteiger partial charge >= 0.3 is 138 Å². The SMILES string of the molecule is c1ccc([S][Ga]([S]c2ccccc2)[c]2ccccc2)cc1. The summed E-state index contributed by atoms with van der Waals surface area (Å²) in [4.78, 5) is 2.77. The van der Waals surface area contributed by atoms with Crippen LogP contribution in [0.2, 0.25) is 0 Å².